The maximum absolute atomic E-state index is 5.40. The van der Waals surface area contributed by atoms with Crippen LogP contribution in [0.1, 0.15) is 0 Å². The van der Waals surface area contributed by atoms with Gasteiger partial charge in [-0.1, -0.05) is 0 Å². The van der Waals surface area contributed by atoms with Gasteiger partial charge in [-0.3, -0.25) is 5.10 Å². The van der Waals surface area contributed by atoms with Gasteiger partial charge in [-0.25, -0.2) is 9.97 Å². The molecule has 1 N–H and O–H groups in total. The molecule has 1 aliphatic rings. The van der Waals surface area contributed by atoms with Crippen LogP contribution in [0.2, 0.25) is 0 Å². The number of rotatable bonds is 3. The Kier molecular flexibility index (Phi) is 3.55. The maximum Gasteiger partial charge on any atom is 0.213 e. The number of pyridine rings is 2. The van der Waals surface area contributed by atoms with Gasteiger partial charge in [0.15, 0.2) is 0 Å². The van der Waals surface area contributed by atoms with Crippen molar-refractivity contribution in [3.63, 3.8) is 0 Å². The van der Waals surface area contributed by atoms with Crippen molar-refractivity contribution in [3.05, 3.63) is 30.5 Å². The molecule has 0 unspecified atom stereocenters. The van der Waals surface area contributed by atoms with Gasteiger partial charge >= 0.3 is 0 Å². The Bertz CT molecular complexity index is 826. The number of H-pyrrole nitrogens is 1. The van der Waals surface area contributed by atoms with Crippen LogP contribution in [0.25, 0.3) is 22.3 Å². The molecule has 3 aromatic heterocycles. The van der Waals surface area contributed by atoms with E-state index in [0.29, 0.717) is 5.88 Å². The van der Waals surface area contributed by atoms with E-state index in [-0.39, 0.29) is 0 Å². The van der Waals surface area contributed by atoms with E-state index in [1.807, 2.05) is 24.3 Å². The lowest BCUT2D eigenvalue weighted by Gasteiger charge is -2.27. The normalized spacial score (nSPS) is 15.1. The summed E-state index contributed by atoms with van der Waals surface area (Å²) in [6, 6.07) is 7.72. The van der Waals surface area contributed by atoms with E-state index in [1.165, 1.54) is 0 Å². The molecule has 7 heteroatoms. The lowest BCUT2D eigenvalue weighted by atomic mass is 10.1. The quantitative estimate of drug-likeness (QED) is 0.796. The van der Waals surface area contributed by atoms with E-state index in [1.54, 1.807) is 13.3 Å². The monoisotopic (exact) mass is 311 g/mol. The van der Waals surface area contributed by atoms with E-state index in [2.05, 4.69) is 25.1 Å². The molecule has 0 bridgehead atoms. The number of aromatic nitrogens is 4. The van der Waals surface area contributed by atoms with Crippen molar-refractivity contribution < 1.29 is 9.47 Å². The molecular weight excluding hydrogens is 294 g/mol. The average molecular weight is 311 g/mol. The zero-order chi connectivity index (χ0) is 15.6. The molecule has 23 heavy (non-hydrogen) atoms. The van der Waals surface area contributed by atoms with E-state index in [4.69, 9.17) is 9.47 Å². The zero-order valence-corrected chi connectivity index (χ0v) is 12.8. The molecule has 118 valence electrons. The molecule has 0 aliphatic carbocycles. The second-order valence-corrected chi connectivity index (χ2v) is 5.32. The van der Waals surface area contributed by atoms with Crippen LogP contribution in [0, 0.1) is 0 Å². The minimum atomic E-state index is 0.572. The summed E-state index contributed by atoms with van der Waals surface area (Å²) in [6.45, 7) is 3.17. The molecule has 1 fully saturated rings. The van der Waals surface area contributed by atoms with Crippen LogP contribution in [0.4, 0.5) is 5.82 Å². The van der Waals surface area contributed by atoms with Crippen molar-refractivity contribution in [1.29, 1.82) is 0 Å². The number of anilines is 1. The molecule has 1 aliphatic heterocycles. The van der Waals surface area contributed by atoms with Crippen LogP contribution in [0.5, 0.6) is 5.88 Å². The van der Waals surface area contributed by atoms with Gasteiger partial charge < -0.3 is 14.4 Å². The number of nitrogens with one attached hydrogen (secondary N) is 1. The zero-order valence-electron chi connectivity index (χ0n) is 12.8. The summed E-state index contributed by atoms with van der Waals surface area (Å²) in [5.41, 5.74) is 3.46. The van der Waals surface area contributed by atoms with Gasteiger partial charge in [-0.2, -0.15) is 5.10 Å². The average Bonchev–Trinajstić information content (AvgIpc) is 3.05. The van der Waals surface area contributed by atoms with Crippen molar-refractivity contribution >= 4 is 16.9 Å². The number of ether oxygens (including phenoxy) is 2. The fourth-order valence-electron chi connectivity index (χ4n) is 2.73. The van der Waals surface area contributed by atoms with Gasteiger partial charge in [0.1, 0.15) is 17.0 Å². The lowest BCUT2D eigenvalue weighted by molar-refractivity contribution is 0.122. The van der Waals surface area contributed by atoms with E-state index in [0.717, 1.165) is 54.4 Å². The van der Waals surface area contributed by atoms with Gasteiger partial charge in [-0.05, 0) is 18.2 Å². The highest BCUT2D eigenvalue weighted by molar-refractivity contribution is 5.90. The molecule has 7 nitrogen and oxygen atoms in total. The summed E-state index contributed by atoms with van der Waals surface area (Å²) in [5.74, 6) is 1.51. The molecule has 3 aromatic rings. The van der Waals surface area contributed by atoms with Crippen molar-refractivity contribution in [3.8, 4) is 17.1 Å². The second-order valence-electron chi connectivity index (χ2n) is 5.32. The third kappa shape index (κ3) is 2.59. The van der Waals surface area contributed by atoms with E-state index < -0.39 is 0 Å². The largest absolute Gasteiger partial charge is 0.481 e. The summed E-state index contributed by atoms with van der Waals surface area (Å²) in [4.78, 5) is 11.2. The van der Waals surface area contributed by atoms with Gasteiger partial charge in [0.05, 0.1) is 25.8 Å². The molecule has 0 spiro atoms. The summed E-state index contributed by atoms with van der Waals surface area (Å²) in [5, 5.41) is 7.43. The predicted octanol–water partition coefficient (Wildman–Crippen LogP) is 1.87. The summed E-state index contributed by atoms with van der Waals surface area (Å²) < 4.78 is 10.6. The third-order valence-corrected chi connectivity index (χ3v) is 3.95. The van der Waals surface area contributed by atoms with E-state index >= 15 is 0 Å². The molecule has 0 atom stereocenters. The molecule has 0 aromatic carbocycles. The molecule has 0 radical (unpaired) electrons. The molecule has 0 amide bonds. The molecule has 4 heterocycles. The van der Waals surface area contributed by atoms with Gasteiger partial charge in [0.25, 0.3) is 0 Å². The van der Waals surface area contributed by atoms with E-state index in [9.17, 15) is 0 Å². The Balaban J connectivity index is 1.75. The minimum Gasteiger partial charge on any atom is -0.481 e. The number of hydrogen-bond donors (Lipinski definition) is 1. The Labute approximate surface area is 133 Å². The van der Waals surface area contributed by atoms with Crippen LogP contribution in [-0.2, 0) is 4.74 Å². The number of nitrogens with zero attached hydrogens (tertiary/aromatic N) is 4. The minimum absolute atomic E-state index is 0.572. The molecule has 4 rings (SSSR count). The van der Waals surface area contributed by atoms with Crippen LogP contribution >= 0.6 is 0 Å². The van der Waals surface area contributed by atoms with Crippen molar-refractivity contribution in [2.75, 3.05) is 38.3 Å². The SMILES string of the molecule is COc1ccc2[nH]nc(-c3ccnc(N4CCOCC4)c3)c2n1. The fourth-order valence-corrected chi connectivity index (χ4v) is 2.73. The third-order valence-electron chi connectivity index (χ3n) is 3.95. The molecular formula is C16H17N5O2. The highest BCUT2D eigenvalue weighted by Gasteiger charge is 2.15. The second kappa shape index (κ2) is 5.85. The van der Waals surface area contributed by atoms with Crippen LogP contribution in [0.3, 0.4) is 0 Å². The Hall–Kier alpha value is -2.67. The number of methoxy groups -OCH3 is 1. The van der Waals surface area contributed by atoms with Gasteiger partial charge in [-0.15, -0.1) is 0 Å². The first-order chi connectivity index (χ1) is 11.3. The maximum atomic E-state index is 5.40. The summed E-state index contributed by atoms with van der Waals surface area (Å²) >= 11 is 0. The Morgan fingerprint density at radius 1 is 1.22 bits per heavy atom. The van der Waals surface area contributed by atoms with Crippen LogP contribution in [-0.4, -0.2) is 53.6 Å². The highest BCUT2D eigenvalue weighted by atomic mass is 16.5. The Morgan fingerprint density at radius 3 is 2.91 bits per heavy atom. The van der Waals surface area contributed by atoms with Crippen LogP contribution < -0.4 is 9.64 Å². The summed E-state index contributed by atoms with van der Waals surface area (Å²) in [7, 11) is 1.61. The standard InChI is InChI=1S/C16H17N5O2/c1-22-14-3-2-12-16(18-14)15(20-19-12)11-4-5-17-13(10-11)21-6-8-23-9-7-21/h2-5,10H,6-9H2,1H3,(H,19,20). The predicted molar refractivity (Wildman–Crippen MR) is 86.7 cm³/mol. The Morgan fingerprint density at radius 2 is 2.09 bits per heavy atom. The first kappa shape index (κ1) is 14.0. The molecule has 1 saturated heterocycles. The number of fused-ring (bicyclic) bond motifs is 1. The topological polar surface area (TPSA) is 76.2 Å². The smallest absolute Gasteiger partial charge is 0.213 e. The lowest BCUT2D eigenvalue weighted by Crippen LogP contribution is -2.36. The highest BCUT2D eigenvalue weighted by Crippen LogP contribution is 2.28. The number of hydrogen-bond acceptors (Lipinski definition) is 6. The van der Waals surface area contributed by atoms with Crippen LogP contribution in [0.15, 0.2) is 30.5 Å². The fraction of sp³-hybridized carbons (Fsp3) is 0.312. The number of aromatic amines is 1. The first-order valence-corrected chi connectivity index (χ1v) is 7.53. The van der Waals surface area contributed by atoms with Crippen molar-refractivity contribution in [1.82, 2.24) is 20.2 Å². The van der Waals surface area contributed by atoms with Crippen molar-refractivity contribution in [2.45, 2.75) is 0 Å². The number of morpholine rings is 1. The van der Waals surface area contributed by atoms with Gasteiger partial charge in [0, 0.05) is 30.9 Å². The van der Waals surface area contributed by atoms with Gasteiger partial charge in [0.2, 0.25) is 5.88 Å². The molecule has 0 saturated carbocycles. The van der Waals surface area contributed by atoms with Crippen molar-refractivity contribution in [2.24, 2.45) is 0 Å². The first-order valence-electron chi connectivity index (χ1n) is 7.53. The summed E-state index contributed by atoms with van der Waals surface area (Å²) in [6.07, 6.45) is 1.81.